The molecule has 0 saturated heterocycles. The van der Waals surface area contributed by atoms with Crippen LogP contribution in [0.2, 0.25) is 0 Å². The lowest BCUT2D eigenvalue weighted by Gasteiger charge is -2.23. The Morgan fingerprint density at radius 2 is 2.08 bits per heavy atom. The van der Waals surface area contributed by atoms with Crippen molar-refractivity contribution in [2.24, 2.45) is 0 Å². The summed E-state index contributed by atoms with van der Waals surface area (Å²) >= 11 is 0. The Bertz CT molecular complexity index is 182. The molecule has 0 aliphatic heterocycles. The lowest BCUT2D eigenvalue weighted by Crippen LogP contribution is -2.29. The minimum absolute atomic E-state index is 0.0104. The van der Waals surface area contributed by atoms with E-state index in [1.54, 1.807) is 20.8 Å². The van der Waals surface area contributed by atoms with Crippen LogP contribution in [0.3, 0.4) is 0 Å². The van der Waals surface area contributed by atoms with Gasteiger partial charge in [-0.15, -0.1) is 0 Å². The molecule has 0 aliphatic rings. The van der Waals surface area contributed by atoms with Crippen molar-refractivity contribution < 1.29 is 14.6 Å². The smallest absolute Gasteiger partial charge is 0.333 e. The third-order valence-corrected chi connectivity index (χ3v) is 1.43. The average Bonchev–Trinajstić information content (AvgIpc) is 1.85. The predicted molar refractivity (Wildman–Crippen MR) is 46.7 cm³/mol. The number of aliphatic hydroxyl groups is 1. The van der Waals surface area contributed by atoms with Crippen LogP contribution in [0.15, 0.2) is 12.2 Å². The lowest BCUT2D eigenvalue weighted by atomic mass is 10.1. The molecule has 0 aromatic carbocycles. The maximum Gasteiger partial charge on any atom is 0.333 e. The maximum atomic E-state index is 11.0. The van der Waals surface area contributed by atoms with Crippen molar-refractivity contribution in [3.63, 3.8) is 0 Å². The number of ether oxygens (including phenoxy) is 1. The van der Waals surface area contributed by atoms with Gasteiger partial charge in [0.05, 0.1) is 0 Å². The second kappa shape index (κ2) is 4.26. The minimum atomic E-state index is -0.606. The Kier molecular flexibility index (Phi) is 3.96. The summed E-state index contributed by atoms with van der Waals surface area (Å²) in [7, 11) is 0. The Hall–Kier alpha value is -0.830. The molecule has 0 bridgehead atoms. The highest BCUT2D eigenvalue weighted by molar-refractivity contribution is 5.87. The van der Waals surface area contributed by atoms with Gasteiger partial charge in [0.15, 0.2) is 0 Å². The monoisotopic (exact) mass is 172 g/mol. The molecule has 1 N–H and O–H groups in total. The van der Waals surface area contributed by atoms with Crippen LogP contribution in [0, 0.1) is 0 Å². The van der Waals surface area contributed by atoms with E-state index < -0.39 is 11.6 Å². The molecular weight excluding hydrogens is 156 g/mol. The fourth-order valence-corrected chi connectivity index (χ4v) is 0.658. The molecule has 0 aromatic heterocycles. The summed E-state index contributed by atoms with van der Waals surface area (Å²) in [4.78, 5) is 11.0. The standard InChI is InChI=1S/C9H16O3/c1-7(2)8(11)12-9(3,4)5-6-10/h10H,1,5-6H2,2-4H3. The van der Waals surface area contributed by atoms with Crippen LogP contribution in [0.4, 0.5) is 0 Å². The van der Waals surface area contributed by atoms with Gasteiger partial charge in [-0.05, 0) is 20.8 Å². The molecule has 70 valence electrons. The summed E-state index contributed by atoms with van der Waals surface area (Å²) in [6.07, 6.45) is 0.437. The fourth-order valence-electron chi connectivity index (χ4n) is 0.658. The molecule has 0 atom stereocenters. The van der Waals surface area contributed by atoms with Crippen LogP contribution in [-0.2, 0) is 9.53 Å². The third-order valence-electron chi connectivity index (χ3n) is 1.43. The first kappa shape index (κ1) is 11.2. The second-order valence-corrected chi connectivity index (χ2v) is 3.40. The molecule has 0 rings (SSSR count). The highest BCUT2D eigenvalue weighted by atomic mass is 16.6. The molecule has 0 radical (unpaired) electrons. The van der Waals surface area contributed by atoms with Crippen LogP contribution >= 0.6 is 0 Å². The number of rotatable bonds is 4. The largest absolute Gasteiger partial charge is 0.456 e. The minimum Gasteiger partial charge on any atom is -0.456 e. The highest BCUT2D eigenvalue weighted by Crippen LogP contribution is 2.15. The van der Waals surface area contributed by atoms with Gasteiger partial charge in [-0.1, -0.05) is 6.58 Å². The van der Waals surface area contributed by atoms with E-state index in [4.69, 9.17) is 9.84 Å². The van der Waals surface area contributed by atoms with Crippen molar-refractivity contribution in [1.29, 1.82) is 0 Å². The van der Waals surface area contributed by atoms with Gasteiger partial charge < -0.3 is 9.84 Å². The average molecular weight is 172 g/mol. The predicted octanol–water partition coefficient (Wildman–Crippen LogP) is 1.27. The first-order chi connectivity index (χ1) is 5.39. The van der Waals surface area contributed by atoms with E-state index in [1.807, 2.05) is 0 Å². The normalized spacial score (nSPS) is 11.0. The number of hydrogen-bond acceptors (Lipinski definition) is 3. The molecular formula is C9H16O3. The van der Waals surface area contributed by atoms with Gasteiger partial charge >= 0.3 is 5.97 Å². The van der Waals surface area contributed by atoms with Crippen LogP contribution < -0.4 is 0 Å². The summed E-state index contributed by atoms with van der Waals surface area (Å²) < 4.78 is 5.04. The number of carbonyl (C=O) groups is 1. The third kappa shape index (κ3) is 4.13. The molecule has 12 heavy (non-hydrogen) atoms. The van der Waals surface area contributed by atoms with Gasteiger partial charge in [0.25, 0.3) is 0 Å². The van der Waals surface area contributed by atoms with Gasteiger partial charge in [-0.25, -0.2) is 4.79 Å². The zero-order valence-corrected chi connectivity index (χ0v) is 7.89. The number of hydrogen-bond donors (Lipinski definition) is 1. The first-order valence-corrected chi connectivity index (χ1v) is 3.89. The molecule has 0 heterocycles. The van der Waals surface area contributed by atoms with E-state index in [1.165, 1.54) is 0 Å². The van der Waals surface area contributed by atoms with E-state index in [2.05, 4.69) is 6.58 Å². The zero-order chi connectivity index (χ0) is 9.78. The van der Waals surface area contributed by atoms with Crippen molar-refractivity contribution in [1.82, 2.24) is 0 Å². The van der Waals surface area contributed by atoms with Crippen LogP contribution in [0.1, 0.15) is 27.2 Å². The van der Waals surface area contributed by atoms with E-state index in [0.717, 1.165) is 0 Å². The number of aliphatic hydroxyl groups excluding tert-OH is 1. The molecule has 0 aromatic rings. The van der Waals surface area contributed by atoms with Gasteiger partial charge in [-0.3, -0.25) is 0 Å². The Balaban J connectivity index is 4.05. The summed E-state index contributed by atoms with van der Waals surface area (Å²) in [5, 5.41) is 8.64. The van der Waals surface area contributed by atoms with Gasteiger partial charge in [-0.2, -0.15) is 0 Å². The highest BCUT2D eigenvalue weighted by Gasteiger charge is 2.22. The van der Waals surface area contributed by atoms with Gasteiger partial charge in [0.2, 0.25) is 0 Å². The molecule has 3 nitrogen and oxygen atoms in total. The molecule has 3 heteroatoms. The molecule has 0 amide bonds. The summed E-state index contributed by atoms with van der Waals surface area (Å²) in [6, 6.07) is 0. The van der Waals surface area contributed by atoms with E-state index >= 15 is 0 Å². The Morgan fingerprint density at radius 3 is 2.42 bits per heavy atom. The Morgan fingerprint density at radius 1 is 1.58 bits per heavy atom. The van der Waals surface area contributed by atoms with Crippen LogP contribution in [-0.4, -0.2) is 23.3 Å². The topological polar surface area (TPSA) is 46.5 Å². The summed E-state index contributed by atoms with van der Waals surface area (Å²) in [5.41, 5.74) is -0.230. The van der Waals surface area contributed by atoms with Crippen molar-refractivity contribution in [3.8, 4) is 0 Å². The van der Waals surface area contributed by atoms with Gasteiger partial charge in [0.1, 0.15) is 5.60 Å². The van der Waals surface area contributed by atoms with Crippen LogP contribution in [0.5, 0.6) is 0 Å². The molecule has 0 saturated carbocycles. The second-order valence-electron chi connectivity index (χ2n) is 3.40. The van der Waals surface area contributed by atoms with E-state index in [-0.39, 0.29) is 6.61 Å². The van der Waals surface area contributed by atoms with Crippen molar-refractivity contribution in [2.45, 2.75) is 32.8 Å². The quantitative estimate of drug-likeness (QED) is 0.513. The zero-order valence-electron chi connectivity index (χ0n) is 7.89. The number of carbonyl (C=O) groups excluding carboxylic acids is 1. The molecule has 0 spiro atoms. The fraction of sp³-hybridized carbons (Fsp3) is 0.667. The Labute approximate surface area is 73.0 Å². The first-order valence-electron chi connectivity index (χ1n) is 3.89. The van der Waals surface area contributed by atoms with E-state index in [9.17, 15) is 4.79 Å². The SMILES string of the molecule is C=C(C)C(=O)OC(C)(C)CCO. The van der Waals surface area contributed by atoms with Crippen molar-refractivity contribution in [2.75, 3.05) is 6.61 Å². The summed E-state index contributed by atoms with van der Waals surface area (Å²) in [6.45, 7) is 8.58. The molecule has 0 fully saturated rings. The lowest BCUT2D eigenvalue weighted by molar-refractivity contribution is -0.152. The maximum absolute atomic E-state index is 11.0. The number of esters is 1. The molecule has 0 unspecified atom stereocenters. The van der Waals surface area contributed by atoms with Crippen LogP contribution in [0.25, 0.3) is 0 Å². The molecule has 0 aliphatic carbocycles. The van der Waals surface area contributed by atoms with E-state index in [0.29, 0.717) is 12.0 Å². The van der Waals surface area contributed by atoms with Crippen molar-refractivity contribution in [3.05, 3.63) is 12.2 Å². The summed E-state index contributed by atoms with van der Waals surface area (Å²) in [5.74, 6) is -0.409. The van der Waals surface area contributed by atoms with Crippen molar-refractivity contribution >= 4 is 5.97 Å². The van der Waals surface area contributed by atoms with Gasteiger partial charge in [0, 0.05) is 18.6 Å².